The van der Waals surface area contributed by atoms with E-state index >= 15 is 0 Å². The summed E-state index contributed by atoms with van der Waals surface area (Å²) in [5, 5.41) is 10.9. The average molecular weight is 327 g/mol. The molecule has 0 amide bonds. The Kier molecular flexibility index (Phi) is 4.93. The molecule has 0 aromatic heterocycles. The second kappa shape index (κ2) is 6.48. The Labute approximate surface area is 122 Å². The zero-order valence-electron chi connectivity index (χ0n) is 11.1. The molecule has 2 rings (SSSR count). The van der Waals surface area contributed by atoms with Crippen LogP contribution >= 0.6 is 15.9 Å². The molecule has 1 fully saturated rings. The fraction of sp³-hybridized carbons (Fsp3) is 0.571. The van der Waals surface area contributed by atoms with Crippen LogP contribution in [0.25, 0.3) is 0 Å². The van der Waals surface area contributed by atoms with E-state index < -0.39 is 0 Å². The van der Waals surface area contributed by atoms with Crippen molar-refractivity contribution in [3.8, 4) is 0 Å². The van der Waals surface area contributed by atoms with Crippen molar-refractivity contribution >= 4 is 21.6 Å². The topological polar surface area (TPSA) is 46.4 Å². The number of nitro benzene ring substituents is 1. The van der Waals surface area contributed by atoms with Crippen LogP contribution in [-0.2, 0) is 6.54 Å². The molecule has 0 aliphatic carbocycles. The van der Waals surface area contributed by atoms with Crippen molar-refractivity contribution in [1.82, 2.24) is 4.90 Å². The SMILES string of the molecule is CCCC1CCN(Cc2cccc([N+](=O)[O-])c2Br)C1. The second-order valence-electron chi connectivity index (χ2n) is 5.19. The van der Waals surface area contributed by atoms with Crippen molar-refractivity contribution in [3.05, 3.63) is 38.3 Å². The van der Waals surface area contributed by atoms with Crippen LogP contribution in [0.3, 0.4) is 0 Å². The molecular formula is C14H19BrN2O2. The smallest absolute Gasteiger partial charge is 0.283 e. The number of hydrogen-bond donors (Lipinski definition) is 0. The lowest BCUT2D eigenvalue weighted by Gasteiger charge is -2.16. The fourth-order valence-electron chi connectivity index (χ4n) is 2.77. The van der Waals surface area contributed by atoms with Gasteiger partial charge in [-0.3, -0.25) is 15.0 Å². The fourth-order valence-corrected chi connectivity index (χ4v) is 3.31. The van der Waals surface area contributed by atoms with Crippen LogP contribution in [-0.4, -0.2) is 22.9 Å². The van der Waals surface area contributed by atoms with Crippen LogP contribution < -0.4 is 0 Å². The predicted octanol–water partition coefficient (Wildman–Crippen LogP) is 3.98. The van der Waals surface area contributed by atoms with E-state index in [1.165, 1.54) is 25.3 Å². The number of halogens is 1. The lowest BCUT2D eigenvalue weighted by Crippen LogP contribution is -2.20. The normalized spacial score (nSPS) is 19.8. The first-order valence-electron chi connectivity index (χ1n) is 6.76. The molecule has 1 heterocycles. The molecular weight excluding hydrogens is 308 g/mol. The highest BCUT2D eigenvalue weighted by molar-refractivity contribution is 9.10. The summed E-state index contributed by atoms with van der Waals surface area (Å²) in [6, 6.07) is 5.26. The molecule has 1 aliphatic rings. The van der Waals surface area contributed by atoms with Gasteiger partial charge in [-0.2, -0.15) is 0 Å². The van der Waals surface area contributed by atoms with Gasteiger partial charge in [0.05, 0.1) is 9.40 Å². The first-order valence-corrected chi connectivity index (χ1v) is 7.55. The molecule has 0 spiro atoms. The van der Waals surface area contributed by atoms with Crippen LogP contribution in [0.15, 0.2) is 22.7 Å². The van der Waals surface area contributed by atoms with Gasteiger partial charge < -0.3 is 0 Å². The Morgan fingerprint density at radius 3 is 3.00 bits per heavy atom. The molecule has 0 bridgehead atoms. The maximum absolute atomic E-state index is 10.9. The van der Waals surface area contributed by atoms with E-state index in [0.717, 1.165) is 31.1 Å². The highest BCUT2D eigenvalue weighted by Crippen LogP contribution is 2.30. The molecule has 4 nitrogen and oxygen atoms in total. The number of benzene rings is 1. The first kappa shape index (κ1) is 14.5. The quantitative estimate of drug-likeness (QED) is 0.607. The van der Waals surface area contributed by atoms with Crippen LogP contribution in [0.2, 0.25) is 0 Å². The Morgan fingerprint density at radius 2 is 2.32 bits per heavy atom. The third-order valence-corrected chi connectivity index (χ3v) is 4.63. The predicted molar refractivity (Wildman–Crippen MR) is 79.1 cm³/mol. The van der Waals surface area contributed by atoms with Gasteiger partial charge in [-0.1, -0.05) is 25.5 Å². The number of nitro groups is 1. The summed E-state index contributed by atoms with van der Waals surface area (Å²) >= 11 is 3.37. The number of rotatable bonds is 5. The summed E-state index contributed by atoms with van der Waals surface area (Å²) in [5.41, 5.74) is 1.16. The monoisotopic (exact) mass is 326 g/mol. The van der Waals surface area contributed by atoms with Crippen molar-refractivity contribution in [2.24, 2.45) is 5.92 Å². The summed E-state index contributed by atoms with van der Waals surface area (Å²) < 4.78 is 0.624. The van der Waals surface area contributed by atoms with Crippen molar-refractivity contribution in [1.29, 1.82) is 0 Å². The Balaban J connectivity index is 2.04. The Bertz CT molecular complexity index is 465. The molecule has 1 aromatic rings. The molecule has 1 saturated heterocycles. The molecule has 104 valence electrons. The third kappa shape index (κ3) is 3.54. The zero-order chi connectivity index (χ0) is 13.8. The molecule has 1 unspecified atom stereocenters. The minimum absolute atomic E-state index is 0.154. The lowest BCUT2D eigenvalue weighted by atomic mass is 10.0. The van der Waals surface area contributed by atoms with Crippen molar-refractivity contribution in [3.63, 3.8) is 0 Å². The highest BCUT2D eigenvalue weighted by atomic mass is 79.9. The molecule has 1 atom stereocenters. The van der Waals surface area contributed by atoms with Crippen LogP contribution in [0.4, 0.5) is 5.69 Å². The number of nitrogens with zero attached hydrogens (tertiary/aromatic N) is 2. The standard InChI is InChI=1S/C14H19BrN2O2/c1-2-4-11-7-8-16(9-11)10-12-5-3-6-13(14(12)15)17(18)19/h3,5-6,11H,2,4,7-10H2,1H3. The van der Waals surface area contributed by atoms with Gasteiger partial charge in [0.15, 0.2) is 0 Å². The summed E-state index contributed by atoms with van der Waals surface area (Å²) in [7, 11) is 0. The van der Waals surface area contributed by atoms with E-state index in [1.54, 1.807) is 6.07 Å². The van der Waals surface area contributed by atoms with Gasteiger partial charge in [-0.05, 0) is 46.8 Å². The van der Waals surface area contributed by atoms with Gasteiger partial charge in [-0.15, -0.1) is 0 Å². The minimum atomic E-state index is -0.336. The molecule has 1 aliphatic heterocycles. The van der Waals surface area contributed by atoms with Gasteiger partial charge in [0.25, 0.3) is 5.69 Å². The van der Waals surface area contributed by atoms with Gasteiger partial charge >= 0.3 is 0 Å². The third-order valence-electron chi connectivity index (χ3n) is 3.72. The molecule has 5 heteroatoms. The maximum atomic E-state index is 10.9. The van der Waals surface area contributed by atoms with E-state index in [0.29, 0.717) is 4.47 Å². The summed E-state index contributed by atoms with van der Waals surface area (Å²) in [6.45, 7) is 5.23. The summed E-state index contributed by atoms with van der Waals surface area (Å²) in [4.78, 5) is 13.0. The van der Waals surface area contributed by atoms with Crippen LogP contribution in [0.1, 0.15) is 31.7 Å². The molecule has 1 aromatic carbocycles. The lowest BCUT2D eigenvalue weighted by molar-refractivity contribution is -0.385. The average Bonchev–Trinajstić information content (AvgIpc) is 2.79. The van der Waals surface area contributed by atoms with E-state index in [2.05, 4.69) is 27.8 Å². The minimum Gasteiger partial charge on any atom is -0.299 e. The van der Waals surface area contributed by atoms with Gasteiger partial charge in [0.2, 0.25) is 0 Å². The molecule has 0 saturated carbocycles. The van der Waals surface area contributed by atoms with Gasteiger partial charge in [0, 0.05) is 19.2 Å². The Hall–Kier alpha value is -0.940. The highest BCUT2D eigenvalue weighted by Gasteiger charge is 2.23. The number of hydrogen-bond acceptors (Lipinski definition) is 3. The largest absolute Gasteiger partial charge is 0.299 e. The van der Waals surface area contributed by atoms with Crippen molar-refractivity contribution in [2.45, 2.75) is 32.7 Å². The van der Waals surface area contributed by atoms with Crippen LogP contribution in [0, 0.1) is 16.0 Å². The number of likely N-dealkylation sites (tertiary alicyclic amines) is 1. The van der Waals surface area contributed by atoms with E-state index in [4.69, 9.17) is 0 Å². The zero-order valence-corrected chi connectivity index (χ0v) is 12.7. The first-order chi connectivity index (χ1) is 9.11. The van der Waals surface area contributed by atoms with E-state index in [1.807, 2.05) is 6.07 Å². The van der Waals surface area contributed by atoms with Gasteiger partial charge in [-0.25, -0.2) is 0 Å². The van der Waals surface area contributed by atoms with Crippen LogP contribution in [0.5, 0.6) is 0 Å². The summed E-state index contributed by atoms with van der Waals surface area (Å²) in [5.74, 6) is 0.794. The van der Waals surface area contributed by atoms with Crippen molar-refractivity contribution < 1.29 is 4.92 Å². The van der Waals surface area contributed by atoms with Gasteiger partial charge in [0.1, 0.15) is 0 Å². The summed E-state index contributed by atoms with van der Waals surface area (Å²) in [6.07, 6.45) is 3.77. The maximum Gasteiger partial charge on any atom is 0.283 e. The van der Waals surface area contributed by atoms with E-state index in [-0.39, 0.29) is 10.6 Å². The van der Waals surface area contributed by atoms with E-state index in [9.17, 15) is 10.1 Å². The molecule has 0 N–H and O–H groups in total. The molecule has 0 radical (unpaired) electrons. The Morgan fingerprint density at radius 1 is 1.53 bits per heavy atom. The van der Waals surface area contributed by atoms with Crippen molar-refractivity contribution in [2.75, 3.05) is 13.1 Å². The molecule has 19 heavy (non-hydrogen) atoms. The second-order valence-corrected chi connectivity index (χ2v) is 5.98.